The van der Waals surface area contributed by atoms with E-state index in [9.17, 15) is 13.5 Å². The molecule has 18 heavy (non-hydrogen) atoms. The highest BCUT2D eigenvalue weighted by Gasteiger charge is 2.18. The molecule has 0 aromatic heterocycles. The molecular formula is C12H16N2O3S. The van der Waals surface area contributed by atoms with E-state index in [1.54, 1.807) is 18.2 Å². The largest absolute Gasteiger partial charge is 0.506 e. The van der Waals surface area contributed by atoms with Gasteiger partial charge in [0.2, 0.25) is 10.0 Å². The van der Waals surface area contributed by atoms with Crippen molar-refractivity contribution in [3.05, 3.63) is 23.8 Å². The number of anilines is 1. The monoisotopic (exact) mass is 268 g/mol. The van der Waals surface area contributed by atoms with Gasteiger partial charge in [-0.05, 0) is 23.1 Å². The van der Waals surface area contributed by atoms with Crippen LogP contribution in [0.1, 0.15) is 26.3 Å². The average Bonchev–Trinajstić information content (AvgIpc) is 2.19. The van der Waals surface area contributed by atoms with Crippen molar-refractivity contribution in [2.24, 2.45) is 0 Å². The first-order valence-corrected chi connectivity index (χ1v) is 7.02. The zero-order chi connectivity index (χ0) is 14.0. The Labute approximate surface area is 107 Å². The highest BCUT2D eigenvalue weighted by Crippen LogP contribution is 2.31. The van der Waals surface area contributed by atoms with Gasteiger partial charge in [-0.1, -0.05) is 26.8 Å². The number of benzene rings is 1. The van der Waals surface area contributed by atoms with Crippen LogP contribution in [-0.2, 0) is 15.4 Å². The molecule has 0 fully saturated rings. The first-order chi connectivity index (χ1) is 8.15. The maximum absolute atomic E-state index is 11.5. The molecule has 0 saturated heterocycles. The van der Waals surface area contributed by atoms with Crippen molar-refractivity contribution in [1.29, 1.82) is 5.26 Å². The predicted octanol–water partition coefficient (Wildman–Crippen LogP) is 1.95. The van der Waals surface area contributed by atoms with Crippen LogP contribution in [0.3, 0.4) is 0 Å². The third kappa shape index (κ3) is 3.64. The van der Waals surface area contributed by atoms with Gasteiger partial charge in [-0.3, -0.25) is 4.72 Å². The van der Waals surface area contributed by atoms with Crippen LogP contribution in [0.25, 0.3) is 0 Å². The molecule has 0 saturated carbocycles. The highest BCUT2D eigenvalue weighted by molar-refractivity contribution is 7.92. The van der Waals surface area contributed by atoms with E-state index in [2.05, 4.69) is 4.72 Å². The summed E-state index contributed by atoms with van der Waals surface area (Å²) in [6.45, 7) is 5.94. The number of nitrogens with one attached hydrogen (secondary N) is 1. The summed E-state index contributed by atoms with van der Waals surface area (Å²) >= 11 is 0. The van der Waals surface area contributed by atoms with E-state index in [1.807, 2.05) is 20.8 Å². The third-order valence-corrected chi connectivity index (χ3v) is 3.42. The van der Waals surface area contributed by atoms with Crippen molar-refractivity contribution in [3.8, 4) is 11.8 Å². The van der Waals surface area contributed by atoms with E-state index < -0.39 is 15.8 Å². The number of aromatic hydroxyl groups is 1. The van der Waals surface area contributed by atoms with Gasteiger partial charge in [0.25, 0.3) is 0 Å². The lowest BCUT2D eigenvalue weighted by atomic mass is 9.87. The van der Waals surface area contributed by atoms with Crippen LogP contribution in [0.2, 0.25) is 0 Å². The average molecular weight is 268 g/mol. The molecule has 0 amide bonds. The maximum Gasteiger partial charge on any atom is 0.246 e. The van der Waals surface area contributed by atoms with Gasteiger partial charge in [0.05, 0.1) is 11.8 Å². The van der Waals surface area contributed by atoms with E-state index in [0.717, 1.165) is 5.56 Å². The summed E-state index contributed by atoms with van der Waals surface area (Å²) in [5.41, 5.74) is 0.816. The fourth-order valence-corrected chi connectivity index (χ4v) is 2.11. The highest BCUT2D eigenvalue weighted by atomic mass is 32.2. The van der Waals surface area contributed by atoms with Crippen LogP contribution in [-0.4, -0.2) is 19.3 Å². The Balaban J connectivity index is 3.15. The van der Waals surface area contributed by atoms with Gasteiger partial charge in [0.15, 0.2) is 5.75 Å². The van der Waals surface area contributed by atoms with Crippen LogP contribution >= 0.6 is 0 Å². The molecule has 0 radical (unpaired) electrons. The Morgan fingerprint density at radius 3 is 2.50 bits per heavy atom. The molecule has 0 bridgehead atoms. The molecule has 0 heterocycles. The van der Waals surface area contributed by atoms with Gasteiger partial charge in [-0.2, -0.15) is 5.26 Å². The Kier molecular flexibility index (Phi) is 3.87. The molecule has 2 N–H and O–H groups in total. The lowest BCUT2D eigenvalue weighted by Crippen LogP contribution is -2.17. The lowest BCUT2D eigenvalue weighted by Gasteiger charge is -2.20. The van der Waals surface area contributed by atoms with Crippen molar-refractivity contribution in [2.45, 2.75) is 26.2 Å². The number of hydrogen-bond donors (Lipinski definition) is 2. The van der Waals surface area contributed by atoms with E-state index in [-0.39, 0.29) is 16.9 Å². The standard InChI is InChI=1S/C12H16N2O3S/c1-12(2,3)9-4-5-11(15)10(8-9)14-18(16,17)7-6-13/h4-5,8,14-15H,7H2,1-3H3. The molecule has 0 aliphatic carbocycles. The molecule has 0 unspecified atom stereocenters. The minimum Gasteiger partial charge on any atom is -0.506 e. The Morgan fingerprint density at radius 1 is 1.39 bits per heavy atom. The molecule has 0 aliphatic rings. The van der Waals surface area contributed by atoms with Crippen LogP contribution in [0.15, 0.2) is 18.2 Å². The summed E-state index contributed by atoms with van der Waals surface area (Å²) in [7, 11) is -3.74. The van der Waals surface area contributed by atoms with Crippen molar-refractivity contribution < 1.29 is 13.5 Å². The topological polar surface area (TPSA) is 90.2 Å². The van der Waals surface area contributed by atoms with E-state index >= 15 is 0 Å². The number of phenols is 1. The Bertz CT molecular complexity index is 580. The first-order valence-electron chi connectivity index (χ1n) is 5.36. The van der Waals surface area contributed by atoms with E-state index in [1.165, 1.54) is 6.07 Å². The maximum atomic E-state index is 11.5. The summed E-state index contributed by atoms with van der Waals surface area (Å²) in [4.78, 5) is 0. The normalized spacial score (nSPS) is 11.9. The Hall–Kier alpha value is -1.74. The number of nitriles is 1. The molecule has 0 aliphatic heterocycles. The summed E-state index contributed by atoms with van der Waals surface area (Å²) in [5, 5.41) is 18.0. The van der Waals surface area contributed by atoms with Gasteiger partial charge in [0, 0.05) is 0 Å². The molecule has 5 nitrogen and oxygen atoms in total. The van der Waals surface area contributed by atoms with Gasteiger partial charge < -0.3 is 5.11 Å². The van der Waals surface area contributed by atoms with Crippen molar-refractivity contribution in [1.82, 2.24) is 0 Å². The summed E-state index contributed by atoms with van der Waals surface area (Å²) in [6.07, 6.45) is 0. The molecule has 1 aromatic carbocycles. The zero-order valence-corrected chi connectivity index (χ0v) is 11.4. The fraction of sp³-hybridized carbons (Fsp3) is 0.417. The number of hydrogen-bond acceptors (Lipinski definition) is 4. The minimum absolute atomic E-state index is 0.0951. The summed E-state index contributed by atoms with van der Waals surface area (Å²) in [5.74, 6) is -0.809. The molecule has 1 rings (SSSR count). The smallest absolute Gasteiger partial charge is 0.246 e. The van der Waals surface area contributed by atoms with Crippen molar-refractivity contribution in [3.63, 3.8) is 0 Å². The molecule has 0 atom stereocenters. The number of sulfonamides is 1. The second kappa shape index (κ2) is 4.86. The fourth-order valence-electron chi connectivity index (χ4n) is 1.37. The molecular weight excluding hydrogens is 252 g/mol. The van der Waals surface area contributed by atoms with Gasteiger partial charge in [-0.15, -0.1) is 0 Å². The van der Waals surface area contributed by atoms with E-state index in [0.29, 0.717) is 0 Å². The SMILES string of the molecule is CC(C)(C)c1ccc(O)c(NS(=O)(=O)CC#N)c1. The minimum atomic E-state index is -3.74. The predicted molar refractivity (Wildman–Crippen MR) is 69.8 cm³/mol. The quantitative estimate of drug-likeness (QED) is 0.820. The number of rotatable bonds is 3. The molecule has 0 spiro atoms. The second-order valence-electron chi connectivity index (χ2n) is 5.00. The number of nitrogens with zero attached hydrogens (tertiary/aromatic N) is 1. The van der Waals surface area contributed by atoms with Gasteiger partial charge >= 0.3 is 0 Å². The Morgan fingerprint density at radius 2 is 2.00 bits per heavy atom. The summed E-state index contributed by atoms with van der Waals surface area (Å²) < 4.78 is 25.1. The zero-order valence-electron chi connectivity index (χ0n) is 10.6. The van der Waals surface area contributed by atoms with Crippen molar-refractivity contribution >= 4 is 15.7 Å². The van der Waals surface area contributed by atoms with Crippen LogP contribution < -0.4 is 4.72 Å². The van der Waals surface area contributed by atoms with E-state index in [4.69, 9.17) is 5.26 Å². The molecule has 1 aromatic rings. The first kappa shape index (κ1) is 14.3. The van der Waals surface area contributed by atoms with Gasteiger partial charge in [-0.25, -0.2) is 8.42 Å². The van der Waals surface area contributed by atoms with Crippen LogP contribution in [0.5, 0.6) is 5.75 Å². The van der Waals surface area contributed by atoms with Crippen molar-refractivity contribution in [2.75, 3.05) is 10.5 Å². The molecule has 6 heteroatoms. The summed E-state index contributed by atoms with van der Waals surface area (Å²) in [6, 6.07) is 6.30. The molecule has 98 valence electrons. The van der Waals surface area contributed by atoms with Crippen LogP contribution in [0, 0.1) is 11.3 Å². The second-order valence-corrected chi connectivity index (χ2v) is 6.72. The van der Waals surface area contributed by atoms with Gasteiger partial charge in [0.1, 0.15) is 5.75 Å². The van der Waals surface area contributed by atoms with Crippen LogP contribution in [0.4, 0.5) is 5.69 Å². The third-order valence-electron chi connectivity index (χ3n) is 2.38. The number of phenolic OH excluding ortho intramolecular Hbond substituents is 1. The lowest BCUT2D eigenvalue weighted by molar-refractivity contribution is 0.476.